The summed E-state index contributed by atoms with van der Waals surface area (Å²) in [6.45, 7) is 0. The monoisotopic (exact) mass is 523 g/mol. The molecule has 0 amide bonds. The Morgan fingerprint density at radius 2 is 1.82 bits per heavy atom. The van der Waals surface area contributed by atoms with E-state index in [-0.39, 0.29) is 21.8 Å². The molecule has 3 aromatic carbocycles. The van der Waals surface area contributed by atoms with Crippen molar-refractivity contribution in [2.24, 2.45) is 5.10 Å². The number of hydrogen-bond donors (Lipinski definition) is 1. The first-order valence-corrected chi connectivity index (χ1v) is 10.7. The average molecular weight is 524 g/mol. The van der Waals surface area contributed by atoms with E-state index in [9.17, 15) is 14.9 Å². The number of anilines is 1. The van der Waals surface area contributed by atoms with Crippen LogP contribution >= 0.6 is 28.1 Å². The number of non-ortho nitro benzene ring substituents is 1. The summed E-state index contributed by atoms with van der Waals surface area (Å²) in [4.78, 5) is 23.4. The molecule has 0 radical (unpaired) electrons. The minimum atomic E-state index is -0.497. The van der Waals surface area contributed by atoms with Crippen LogP contribution in [0, 0.1) is 14.8 Å². The largest absolute Gasteiger partial charge is 0.414 e. The zero-order valence-electron chi connectivity index (χ0n) is 16.7. The van der Waals surface area contributed by atoms with Crippen molar-refractivity contribution >= 4 is 45.4 Å². The standard InChI is InChI=1S/C22H14BrN5O4S/c23-16-8-4-7-15(13-16)19-26-27(21(29)14-5-2-1-3-6-14)22(33)20(32-19)25-24-17-9-11-18(12-10-17)28(30)31/h1-13,24H. The molecular weight excluding hydrogens is 510 g/mol. The number of nitrogens with zero attached hydrogens (tertiary/aromatic N) is 4. The summed E-state index contributed by atoms with van der Waals surface area (Å²) in [5, 5.41) is 19.3. The molecule has 4 rings (SSSR count). The van der Waals surface area contributed by atoms with Gasteiger partial charge in [0.05, 0.1) is 10.6 Å². The lowest BCUT2D eigenvalue weighted by Gasteiger charge is -2.08. The predicted octanol–water partition coefficient (Wildman–Crippen LogP) is 5.16. The molecule has 33 heavy (non-hydrogen) atoms. The van der Waals surface area contributed by atoms with Crippen LogP contribution in [-0.4, -0.2) is 20.6 Å². The van der Waals surface area contributed by atoms with E-state index in [1.165, 1.54) is 24.3 Å². The lowest BCUT2D eigenvalue weighted by atomic mass is 10.2. The minimum absolute atomic E-state index is 0.0444. The van der Waals surface area contributed by atoms with Gasteiger partial charge >= 0.3 is 0 Å². The van der Waals surface area contributed by atoms with E-state index in [1.54, 1.807) is 48.5 Å². The Labute approximate surface area is 200 Å². The Kier molecular flexibility index (Phi) is 6.52. The third kappa shape index (κ3) is 5.10. The molecule has 0 fully saturated rings. The maximum Gasteiger partial charge on any atom is 0.279 e. The summed E-state index contributed by atoms with van der Waals surface area (Å²) in [7, 11) is 0. The van der Waals surface area contributed by atoms with E-state index < -0.39 is 10.8 Å². The van der Waals surface area contributed by atoms with Crippen LogP contribution in [0.2, 0.25) is 0 Å². The molecule has 11 heteroatoms. The van der Waals surface area contributed by atoms with Crippen LogP contribution in [-0.2, 0) is 0 Å². The van der Waals surface area contributed by atoms with E-state index in [4.69, 9.17) is 16.6 Å². The number of carbonyl (C=O) groups excluding carboxylic acids is 1. The lowest BCUT2D eigenvalue weighted by Crippen LogP contribution is -2.24. The summed E-state index contributed by atoms with van der Waals surface area (Å²) < 4.78 is 7.62. The number of halogens is 1. The van der Waals surface area contributed by atoms with E-state index in [1.807, 2.05) is 6.07 Å². The number of nitro benzene ring substituents is 1. The number of carbonyl (C=O) groups is 1. The third-order valence-corrected chi connectivity index (χ3v) is 5.25. The van der Waals surface area contributed by atoms with Crippen LogP contribution in [0.3, 0.4) is 0 Å². The molecular formula is C22H14BrN5O4S. The number of nitrogens with one attached hydrogen (secondary N) is 1. The summed E-state index contributed by atoms with van der Waals surface area (Å²) in [6, 6.07) is 21.4. The van der Waals surface area contributed by atoms with E-state index in [2.05, 4.69) is 31.6 Å². The Bertz CT molecular complexity index is 1470. The molecule has 0 saturated carbocycles. The van der Waals surface area contributed by atoms with Crippen LogP contribution < -0.4 is 11.0 Å². The van der Waals surface area contributed by atoms with Gasteiger partial charge in [0.1, 0.15) is 0 Å². The highest BCUT2D eigenvalue weighted by molar-refractivity contribution is 9.10. The molecule has 164 valence electrons. The van der Waals surface area contributed by atoms with Crippen molar-refractivity contribution in [1.29, 1.82) is 0 Å². The van der Waals surface area contributed by atoms with Gasteiger partial charge in [0.25, 0.3) is 17.1 Å². The molecule has 0 saturated heterocycles. The highest BCUT2D eigenvalue weighted by atomic mass is 79.9. The summed E-state index contributed by atoms with van der Waals surface area (Å²) in [6.07, 6.45) is 0. The first kappa shape index (κ1) is 22.2. The molecule has 0 aliphatic carbocycles. The number of rotatable bonds is 5. The van der Waals surface area contributed by atoms with Crippen LogP contribution in [0.4, 0.5) is 11.4 Å². The fraction of sp³-hybridized carbons (Fsp3) is 0. The van der Waals surface area contributed by atoms with Crippen LogP contribution in [0.5, 0.6) is 0 Å². The zero-order valence-corrected chi connectivity index (χ0v) is 19.1. The number of nitro groups is 1. The fourth-order valence-electron chi connectivity index (χ4n) is 2.80. The Hall–Kier alpha value is -3.96. The van der Waals surface area contributed by atoms with Gasteiger partial charge in [-0.25, -0.2) is 0 Å². The van der Waals surface area contributed by atoms with Gasteiger partial charge in [-0.3, -0.25) is 20.3 Å². The van der Waals surface area contributed by atoms with Crippen molar-refractivity contribution in [3.05, 3.63) is 109 Å². The molecule has 0 bridgehead atoms. The van der Waals surface area contributed by atoms with Crippen molar-refractivity contribution in [2.45, 2.75) is 0 Å². The maximum atomic E-state index is 13.1. The zero-order chi connectivity index (χ0) is 23.4. The van der Waals surface area contributed by atoms with Gasteiger partial charge in [0.2, 0.25) is 5.89 Å². The predicted molar refractivity (Wildman–Crippen MR) is 127 cm³/mol. The van der Waals surface area contributed by atoms with Crippen LogP contribution in [0.1, 0.15) is 10.4 Å². The van der Waals surface area contributed by atoms with Gasteiger partial charge in [-0.05, 0) is 42.5 Å². The van der Waals surface area contributed by atoms with Crippen molar-refractivity contribution < 1.29 is 14.1 Å². The molecule has 0 aliphatic rings. The van der Waals surface area contributed by atoms with E-state index >= 15 is 0 Å². The molecule has 1 heterocycles. The van der Waals surface area contributed by atoms with Gasteiger partial charge in [-0.1, -0.05) is 52.4 Å². The molecule has 0 aliphatic heterocycles. The average Bonchev–Trinajstić information content (AvgIpc) is 2.83. The van der Waals surface area contributed by atoms with Gasteiger partial charge < -0.3 is 4.42 Å². The number of hydrogen-bond acceptors (Lipinski definition) is 8. The highest BCUT2D eigenvalue weighted by Crippen LogP contribution is 2.20. The van der Waals surface area contributed by atoms with Gasteiger partial charge in [-0.15, -0.1) is 10.2 Å². The van der Waals surface area contributed by atoms with Crippen molar-refractivity contribution in [3.63, 3.8) is 0 Å². The first-order chi connectivity index (χ1) is 15.9. The van der Waals surface area contributed by atoms with Gasteiger partial charge in [0, 0.05) is 27.7 Å². The summed E-state index contributed by atoms with van der Waals surface area (Å²) in [5.74, 6) is -0.321. The van der Waals surface area contributed by atoms with Crippen LogP contribution in [0.25, 0.3) is 11.5 Å². The number of benzene rings is 3. The van der Waals surface area contributed by atoms with Crippen molar-refractivity contribution in [1.82, 2.24) is 9.78 Å². The quantitative estimate of drug-likeness (QED) is 0.218. The van der Waals surface area contributed by atoms with Gasteiger partial charge in [0.15, 0.2) is 4.64 Å². The normalized spacial score (nSPS) is 11.2. The molecule has 1 N–H and O–H groups in total. The second kappa shape index (κ2) is 9.67. The van der Waals surface area contributed by atoms with Crippen molar-refractivity contribution in [3.8, 4) is 11.5 Å². The second-order valence-corrected chi connectivity index (χ2v) is 7.94. The Balaban J connectivity index is 1.82. The molecule has 0 spiro atoms. The molecule has 0 unspecified atom stereocenters. The Morgan fingerprint density at radius 3 is 2.48 bits per heavy atom. The highest BCUT2D eigenvalue weighted by Gasteiger charge is 2.15. The Morgan fingerprint density at radius 1 is 1.09 bits per heavy atom. The van der Waals surface area contributed by atoms with E-state index in [0.29, 0.717) is 16.8 Å². The third-order valence-electron chi connectivity index (χ3n) is 4.41. The topological polar surface area (TPSA) is 116 Å². The van der Waals surface area contributed by atoms with Gasteiger partial charge in [-0.2, -0.15) is 4.68 Å². The van der Waals surface area contributed by atoms with E-state index in [0.717, 1.165) is 9.15 Å². The van der Waals surface area contributed by atoms with Crippen molar-refractivity contribution in [2.75, 3.05) is 5.43 Å². The first-order valence-electron chi connectivity index (χ1n) is 9.47. The SMILES string of the molecule is O=C(c1ccccc1)n1nc(-c2cccc(Br)c2)oc(=NNc2ccc([N+](=O)[O-])cc2)c1=S. The minimum Gasteiger partial charge on any atom is -0.414 e. The summed E-state index contributed by atoms with van der Waals surface area (Å²) in [5.41, 5.74) is 4.09. The number of aromatic nitrogens is 2. The lowest BCUT2D eigenvalue weighted by molar-refractivity contribution is -0.384. The maximum absolute atomic E-state index is 13.1. The van der Waals surface area contributed by atoms with Crippen LogP contribution in [0.15, 0.2) is 92.9 Å². The molecule has 0 atom stereocenters. The molecule has 9 nitrogen and oxygen atoms in total. The summed E-state index contributed by atoms with van der Waals surface area (Å²) >= 11 is 8.83. The molecule has 1 aromatic heterocycles. The molecule has 4 aromatic rings. The second-order valence-electron chi connectivity index (χ2n) is 6.64. The smallest absolute Gasteiger partial charge is 0.279 e. The fourth-order valence-corrected chi connectivity index (χ4v) is 3.42.